The summed E-state index contributed by atoms with van der Waals surface area (Å²) in [6, 6.07) is 6.47. The lowest BCUT2D eigenvalue weighted by molar-refractivity contribution is -0.121. The van der Waals surface area contributed by atoms with E-state index < -0.39 is 0 Å². The number of aromatic amines is 1. The van der Waals surface area contributed by atoms with E-state index in [0.29, 0.717) is 11.7 Å². The number of guanidine groups is 1. The summed E-state index contributed by atoms with van der Waals surface area (Å²) in [5.74, 6) is 0.622. The van der Waals surface area contributed by atoms with Crippen LogP contribution < -0.4 is 0 Å². The first-order valence-electron chi connectivity index (χ1n) is 7.87. The average Bonchev–Trinajstić information content (AvgIpc) is 3.02. The lowest BCUT2D eigenvalue weighted by Gasteiger charge is -2.12. The van der Waals surface area contributed by atoms with Crippen molar-refractivity contribution in [2.75, 3.05) is 21.1 Å². The van der Waals surface area contributed by atoms with Gasteiger partial charge in [0.15, 0.2) is 0 Å². The molecule has 1 amide bonds. The van der Waals surface area contributed by atoms with Crippen LogP contribution in [-0.4, -0.2) is 47.8 Å². The molecule has 1 fully saturated rings. The van der Waals surface area contributed by atoms with Crippen molar-refractivity contribution in [1.29, 1.82) is 0 Å². The minimum absolute atomic E-state index is 0.0370. The number of amides is 1. The number of carbonyl (C=O) groups is 1. The highest BCUT2D eigenvalue weighted by Gasteiger charge is 2.33. The van der Waals surface area contributed by atoms with Gasteiger partial charge in [-0.2, -0.15) is 0 Å². The van der Waals surface area contributed by atoms with Gasteiger partial charge >= 0.3 is 0 Å². The van der Waals surface area contributed by atoms with Crippen molar-refractivity contribution in [3.8, 4) is 0 Å². The smallest absolute Gasteiger partial charge is 0.277 e. The Balaban J connectivity index is 2.03. The molecule has 0 aliphatic carbocycles. The summed E-state index contributed by atoms with van der Waals surface area (Å²) in [6.07, 6.45) is 6.09. The van der Waals surface area contributed by atoms with Crippen molar-refractivity contribution in [3.63, 3.8) is 0 Å². The largest absolute Gasteiger partial charge is 0.361 e. The normalized spacial score (nSPS) is 18.9. The van der Waals surface area contributed by atoms with Gasteiger partial charge in [-0.25, -0.2) is 0 Å². The molecular formula is C18H22N4O. The summed E-state index contributed by atoms with van der Waals surface area (Å²) in [5.41, 5.74) is 4.08. The molecule has 2 heterocycles. The number of aryl methyl sites for hydroxylation is 1. The zero-order chi connectivity index (χ0) is 16.6. The van der Waals surface area contributed by atoms with E-state index in [1.165, 1.54) is 5.56 Å². The number of fused-ring (bicyclic) bond motifs is 1. The highest BCUT2D eigenvalue weighted by atomic mass is 16.2. The molecule has 0 atom stereocenters. The Labute approximate surface area is 136 Å². The molecule has 1 aliphatic rings. The molecule has 1 N–H and O–H groups in total. The van der Waals surface area contributed by atoms with Crippen LogP contribution in [0.5, 0.6) is 0 Å². The second-order valence-corrected chi connectivity index (χ2v) is 5.85. The number of aliphatic imine (C=N–C) groups is 1. The maximum atomic E-state index is 12.4. The van der Waals surface area contributed by atoms with E-state index in [9.17, 15) is 4.79 Å². The number of benzene rings is 1. The Kier molecular flexibility index (Phi) is 3.94. The minimum Gasteiger partial charge on any atom is -0.361 e. The summed E-state index contributed by atoms with van der Waals surface area (Å²) in [6.45, 7) is 2.18. The third-order valence-corrected chi connectivity index (χ3v) is 4.29. The van der Waals surface area contributed by atoms with Gasteiger partial charge in [0.1, 0.15) is 5.70 Å². The number of H-pyrrole nitrogens is 1. The SMILES string of the molecule is CCCc1ccc2c(C=C3C(=O)N(C)C(=NC)N3C)c[nH]c2c1. The summed E-state index contributed by atoms with van der Waals surface area (Å²) >= 11 is 0. The number of nitrogens with zero attached hydrogens (tertiary/aromatic N) is 3. The molecule has 0 unspecified atom stereocenters. The summed E-state index contributed by atoms with van der Waals surface area (Å²) in [7, 11) is 5.30. The quantitative estimate of drug-likeness (QED) is 0.886. The lowest BCUT2D eigenvalue weighted by atomic mass is 10.1. The fourth-order valence-electron chi connectivity index (χ4n) is 3.10. The number of hydrogen-bond donors (Lipinski definition) is 1. The first-order valence-corrected chi connectivity index (χ1v) is 7.87. The molecule has 0 radical (unpaired) electrons. The number of hydrogen-bond acceptors (Lipinski definition) is 2. The van der Waals surface area contributed by atoms with Gasteiger partial charge in [0.05, 0.1) is 0 Å². The van der Waals surface area contributed by atoms with Gasteiger partial charge in [-0.15, -0.1) is 0 Å². The summed E-state index contributed by atoms with van der Waals surface area (Å²) in [4.78, 5) is 23.3. The average molecular weight is 310 g/mol. The maximum Gasteiger partial charge on any atom is 0.277 e. The number of carbonyl (C=O) groups excluding carboxylic acids is 1. The minimum atomic E-state index is -0.0370. The van der Waals surface area contributed by atoms with Crippen molar-refractivity contribution in [1.82, 2.24) is 14.8 Å². The van der Waals surface area contributed by atoms with Crippen LogP contribution in [0.2, 0.25) is 0 Å². The predicted octanol–water partition coefficient (Wildman–Crippen LogP) is 2.85. The third kappa shape index (κ3) is 2.52. The maximum absolute atomic E-state index is 12.4. The molecule has 3 rings (SSSR count). The summed E-state index contributed by atoms with van der Waals surface area (Å²) in [5, 5.41) is 1.13. The van der Waals surface area contributed by atoms with Crippen LogP contribution in [0.15, 0.2) is 35.1 Å². The highest BCUT2D eigenvalue weighted by Crippen LogP contribution is 2.26. The molecule has 23 heavy (non-hydrogen) atoms. The van der Waals surface area contributed by atoms with E-state index in [-0.39, 0.29) is 5.91 Å². The van der Waals surface area contributed by atoms with Crippen molar-refractivity contribution in [2.45, 2.75) is 19.8 Å². The molecule has 1 aromatic heterocycles. The lowest BCUT2D eigenvalue weighted by Crippen LogP contribution is -2.29. The van der Waals surface area contributed by atoms with Gasteiger partial charge in [-0.1, -0.05) is 25.5 Å². The van der Waals surface area contributed by atoms with E-state index in [4.69, 9.17) is 0 Å². The van der Waals surface area contributed by atoms with Crippen LogP contribution in [0.25, 0.3) is 17.0 Å². The first kappa shape index (κ1) is 15.3. The highest BCUT2D eigenvalue weighted by molar-refractivity contribution is 6.15. The van der Waals surface area contributed by atoms with E-state index in [0.717, 1.165) is 29.3 Å². The van der Waals surface area contributed by atoms with E-state index >= 15 is 0 Å². The Morgan fingerprint density at radius 1 is 1.26 bits per heavy atom. The van der Waals surface area contributed by atoms with Crippen molar-refractivity contribution in [3.05, 3.63) is 41.2 Å². The van der Waals surface area contributed by atoms with E-state index in [2.05, 4.69) is 35.1 Å². The van der Waals surface area contributed by atoms with E-state index in [1.54, 1.807) is 19.0 Å². The van der Waals surface area contributed by atoms with Gasteiger partial charge < -0.3 is 9.88 Å². The van der Waals surface area contributed by atoms with E-state index in [1.807, 2.05) is 24.2 Å². The van der Waals surface area contributed by atoms with Crippen molar-refractivity contribution in [2.24, 2.45) is 4.99 Å². The second-order valence-electron chi connectivity index (χ2n) is 5.85. The number of aromatic nitrogens is 1. The molecule has 0 saturated carbocycles. The van der Waals surface area contributed by atoms with Crippen LogP contribution >= 0.6 is 0 Å². The van der Waals surface area contributed by atoms with Crippen molar-refractivity contribution >= 4 is 28.8 Å². The third-order valence-electron chi connectivity index (χ3n) is 4.29. The standard InChI is InChI=1S/C18H22N4O/c1-5-6-12-7-8-14-13(11-20-15(14)9-12)10-16-17(23)22(4)18(19-2)21(16)3/h7-11,20H,5-6H2,1-4H3. The van der Waals surface area contributed by atoms with Crippen LogP contribution in [-0.2, 0) is 11.2 Å². The molecule has 1 aromatic carbocycles. The first-order chi connectivity index (χ1) is 11.1. The molecule has 1 saturated heterocycles. The molecule has 120 valence electrons. The fourth-order valence-corrected chi connectivity index (χ4v) is 3.10. The van der Waals surface area contributed by atoms with Crippen LogP contribution in [0.3, 0.4) is 0 Å². The number of likely N-dealkylation sites (N-methyl/N-ethyl adjacent to an activating group) is 2. The van der Waals surface area contributed by atoms with Gasteiger partial charge in [0, 0.05) is 43.8 Å². The molecular weight excluding hydrogens is 288 g/mol. The van der Waals surface area contributed by atoms with Crippen LogP contribution in [0.4, 0.5) is 0 Å². The predicted molar refractivity (Wildman–Crippen MR) is 94.2 cm³/mol. The molecule has 0 bridgehead atoms. The zero-order valence-corrected chi connectivity index (χ0v) is 14.1. The Hall–Kier alpha value is -2.56. The Morgan fingerprint density at radius 3 is 2.70 bits per heavy atom. The molecule has 0 spiro atoms. The second kappa shape index (κ2) is 5.91. The summed E-state index contributed by atoms with van der Waals surface area (Å²) < 4.78 is 0. The van der Waals surface area contributed by atoms with Crippen LogP contribution in [0, 0.1) is 0 Å². The fraction of sp³-hybridized carbons (Fsp3) is 0.333. The van der Waals surface area contributed by atoms with Crippen LogP contribution in [0.1, 0.15) is 24.5 Å². The number of nitrogens with one attached hydrogen (secondary N) is 1. The monoisotopic (exact) mass is 310 g/mol. The van der Waals surface area contributed by atoms with Gasteiger partial charge in [-0.05, 0) is 24.1 Å². The molecule has 5 heteroatoms. The zero-order valence-electron chi connectivity index (χ0n) is 14.1. The molecule has 2 aromatic rings. The van der Waals surface area contributed by atoms with Crippen molar-refractivity contribution < 1.29 is 4.79 Å². The van der Waals surface area contributed by atoms with Gasteiger partial charge in [-0.3, -0.25) is 14.7 Å². The van der Waals surface area contributed by atoms with Gasteiger partial charge in [0.25, 0.3) is 5.91 Å². The van der Waals surface area contributed by atoms with Gasteiger partial charge in [0.2, 0.25) is 5.96 Å². The molecule has 5 nitrogen and oxygen atoms in total. The Bertz CT molecular complexity index is 816. The topological polar surface area (TPSA) is 51.7 Å². The number of rotatable bonds is 3. The Morgan fingerprint density at radius 2 is 2.04 bits per heavy atom. The molecule has 1 aliphatic heterocycles.